The number of hydrogen-bond donors (Lipinski definition) is 0. The number of oxazole rings is 1. The lowest BCUT2D eigenvalue weighted by molar-refractivity contribution is 0.174. The van der Waals surface area contributed by atoms with E-state index in [4.69, 9.17) is 18.7 Å². The van der Waals surface area contributed by atoms with Crippen LogP contribution in [0.3, 0.4) is 0 Å². The molecule has 5 heterocycles. The summed E-state index contributed by atoms with van der Waals surface area (Å²) in [4.78, 5) is 18.1. The molecule has 3 aromatic heterocycles. The Balaban J connectivity index is 0.000000388. The van der Waals surface area contributed by atoms with Gasteiger partial charge in [0, 0.05) is 35.1 Å². The van der Waals surface area contributed by atoms with Crippen LogP contribution in [0.1, 0.15) is 23.6 Å². The first kappa shape index (κ1) is 20.0. The van der Waals surface area contributed by atoms with Gasteiger partial charge < -0.3 is 18.5 Å². The van der Waals surface area contributed by atoms with Crippen LogP contribution in [0.4, 0.5) is 0 Å². The molecule has 2 aliphatic heterocycles. The molecular formula is C24H18N6O4. The molecule has 168 valence electrons. The quantitative estimate of drug-likeness (QED) is 0.377. The van der Waals surface area contributed by atoms with E-state index in [1.807, 2.05) is 24.3 Å². The monoisotopic (exact) mass is 454 g/mol. The standard InChI is InChI=1S/C21H13N5O3.C3H5NO/c1-2-4-14-13(3-1)5-6-16-18(14)15(7-8-22-16)21(17-11-29-26-25-17)12-28-20(24-21)19-23-9-10-27-19;1-2-4-5-3-1/h1-11H,12H2;2H,1,3H2. The summed E-state index contributed by atoms with van der Waals surface area (Å²) in [5.74, 6) is 0.620. The molecule has 0 spiro atoms. The van der Waals surface area contributed by atoms with Gasteiger partial charge in [-0.15, -0.1) is 5.10 Å². The first-order valence-corrected chi connectivity index (χ1v) is 10.7. The summed E-state index contributed by atoms with van der Waals surface area (Å²) in [5.41, 5.74) is 1.34. The van der Waals surface area contributed by atoms with Crippen molar-refractivity contribution in [1.82, 2.24) is 20.3 Å². The molecule has 0 N–H and O–H groups in total. The van der Waals surface area contributed by atoms with Crippen LogP contribution in [-0.2, 0) is 15.1 Å². The number of hydrogen-bond acceptors (Lipinski definition) is 10. The third-order valence-electron chi connectivity index (χ3n) is 5.67. The number of ether oxygens (including phenoxy) is 1. The fourth-order valence-corrected chi connectivity index (χ4v) is 4.14. The Morgan fingerprint density at radius 2 is 1.94 bits per heavy atom. The summed E-state index contributed by atoms with van der Waals surface area (Å²) >= 11 is 0. The third kappa shape index (κ3) is 3.36. The average molecular weight is 454 g/mol. The number of pyridine rings is 1. The van der Waals surface area contributed by atoms with Crippen molar-refractivity contribution in [2.24, 2.45) is 10.1 Å². The van der Waals surface area contributed by atoms with Gasteiger partial charge in [-0.3, -0.25) is 4.98 Å². The zero-order valence-corrected chi connectivity index (χ0v) is 17.9. The molecule has 1 atom stereocenters. The highest BCUT2D eigenvalue weighted by Gasteiger charge is 2.45. The van der Waals surface area contributed by atoms with Crippen LogP contribution < -0.4 is 0 Å². The van der Waals surface area contributed by atoms with Crippen LogP contribution >= 0.6 is 0 Å². The zero-order valence-electron chi connectivity index (χ0n) is 17.9. The maximum Gasteiger partial charge on any atom is 0.282 e. The van der Waals surface area contributed by atoms with E-state index in [1.165, 1.54) is 12.5 Å². The van der Waals surface area contributed by atoms with Crippen molar-refractivity contribution < 1.29 is 18.5 Å². The summed E-state index contributed by atoms with van der Waals surface area (Å²) in [6.07, 6.45) is 9.03. The molecule has 10 nitrogen and oxygen atoms in total. The summed E-state index contributed by atoms with van der Waals surface area (Å²) < 4.78 is 16.4. The summed E-state index contributed by atoms with van der Waals surface area (Å²) in [7, 11) is 0. The van der Waals surface area contributed by atoms with Gasteiger partial charge in [0.1, 0.15) is 25.2 Å². The van der Waals surface area contributed by atoms with E-state index in [9.17, 15) is 0 Å². The van der Waals surface area contributed by atoms with Crippen LogP contribution in [0.2, 0.25) is 0 Å². The molecule has 0 saturated heterocycles. The Morgan fingerprint density at radius 1 is 0.971 bits per heavy atom. The Labute approximate surface area is 192 Å². The fourth-order valence-electron chi connectivity index (χ4n) is 4.14. The minimum absolute atomic E-state index is 0.210. The van der Waals surface area contributed by atoms with Crippen molar-refractivity contribution in [3.05, 3.63) is 84.5 Å². The molecular weight excluding hydrogens is 436 g/mol. The lowest BCUT2D eigenvalue weighted by atomic mass is 9.85. The zero-order chi connectivity index (χ0) is 22.8. The number of nitrogens with zero attached hydrogens (tertiary/aromatic N) is 6. The number of oxime groups is 1. The predicted octanol–water partition coefficient (Wildman–Crippen LogP) is 3.87. The van der Waals surface area contributed by atoms with Crippen molar-refractivity contribution in [2.45, 2.75) is 12.0 Å². The van der Waals surface area contributed by atoms with Crippen LogP contribution in [0, 0.1) is 0 Å². The molecule has 10 heteroatoms. The van der Waals surface area contributed by atoms with Gasteiger partial charge in [0.15, 0.2) is 11.8 Å². The number of aromatic nitrogens is 4. The minimum atomic E-state index is -0.963. The van der Waals surface area contributed by atoms with E-state index >= 15 is 0 Å². The van der Waals surface area contributed by atoms with Crippen LogP contribution in [0.25, 0.3) is 21.7 Å². The predicted molar refractivity (Wildman–Crippen MR) is 122 cm³/mol. The summed E-state index contributed by atoms with van der Waals surface area (Å²) in [5, 5.41) is 14.5. The van der Waals surface area contributed by atoms with Gasteiger partial charge in [-0.2, -0.15) is 0 Å². The molecule has 0 fully saturated rings. The first-order chi connectivity index (χ1) is 16.9. The Kier molecular flexibility index (Phi) is 4.95. The maximum atomic E-state index is 5.92. The summed E-state index contributed by atoms with van der Waals surface area (Å²) in [6, 6.07) is 14.2. The van der Waals surface area contributed by atoms with E-state index in [0.29, 0.717) is 17.5 Å². The average Bonchev–Trinajstić information content (AvgIpc) is 3.71. The third-order valence-corrected chi connectivity index (χ3v) is 5.67. The molecule has 1 unspecified atom stereocenters. The van der Waals surface area contributed by atoms with Gasteiger partial charge in [-0.25, -0.2) is 9.98 Å². The minimum Gasteiger partial charge on any atom is -0.471 e. The van der Waals surface area contributed by atoms with E-state index in [1.54, 1.807) is 18.6 Å². The van der Waals surface area contributed by atoms with E-state index < -0.39 is 5.54 Å². The molecule has 2 aliphatic rings. The molecule has 0 radical (unpaired) electrons. The lowest BCUT2D eigenvalue weighted by Gasteiger charge is -2.23. The van der Waals surface area contributed by atoms with Gasteiger partial charge in [0.05, 0.1) is 11.7 Å². The first-order valence-electron chi connectivity index (χ1n) is 10.7. The largest absolute Gasteiger partial charge is 0.471 e. The van der Waals surface area contributed by atoms with Crippen molar-refractivity contribution >= 4 is 33.8 Å². The maximum absolute atomic E-state index is 5.92. The Hall–Kier alpha value is -4.60. The fraction of sp³-hybridized carbons (Fsp3) is 0.167. The number of benzene rings is 2. The summed E-state index contributed by atoms with van der Waals surface area (Å²) in [6.45, 7) is 0.987. The van der Waals surface area contributed by atoms with Crippen molar-refractivity contribution in [3.8, 4) is 0 Å². The Bertz CT molecular complexity index is 1490. The second-order valence-electron chi connectivity index (χ2n) is 7.64. The normalized spacial score (nSPS) is 18.9. The van der Waals surface area contributed by atoms with Gasteiger partial charge in [0.25, 0.3) is 11.8 Å². The smallest absolute Gasteiger partial charge is 0.282 e. The number of fused-ring (bicyclic) bond motifs is 3. The molecule has 0 bridgehead atoms. The lowest BCUT2D eigenvalue weighted by Crippen LogP contribution is -2.28. The second-order valence-corrected chi connectivity index (χ2v) is 7.64. The molecule has 34 heavy (non-hydrogen) atoms. The molecule has 7 rings (SSSR count). The van der Waals surface area contributed by atoms with Gasteiger partial charge in [-0.1, -0.05) is 35.5 Å². The number of rotatable bonds is 3. The van der Waals surface area contributed by atoms with E-state index in [0.717, 1.165) is 40.3 Å². The van der Waals surface area contributed by atoms with Crippen LogP contribution in [0.5, 0.6) is 0 Å². The van der Waals surface area contributed by atoms with Crippen molar-refractivity contribution in [3.63, 3.8) is 0 Å². The topological polar surface area (TPSA) is 121 Å². The van der Waals surface area contributed by atoms with Gasteiger partial charge >= 0.3 is 0 Å². The highest BCUT2D eigenvalue weighted by molar-refractivity contribution is 6.08. The van der Waals surface area contributed by atoms with Crippen LogP contribution in [-0.4, -0.2) is 45.7 Å². The Morgan fingerprint density at radius 3 is 2.71 bits per heavy atom. The van der Waals surface area contributed by atoms with E-state index in [2.05, 4.69) is 48.5 Å². The molecule has 5 aromatic rings. The molecule has 0 amide bonds. The molecule has 0 saturated carbocycles. The van der Waals surface area contributed by atoms with E-state index in [-0.39, 0.29) is 6.61 Å². The molecule has 0 aliphatic carbocycles. The van der Waals surface area contributed by atoms with Crippen molar-refractivity contribution in [2.75, 3.05) is 13.2 Å². The highest BCUT2D eigenvalue weighted by atomic mass is 16.6. The van der Waals surface area contributed by atoms with Crippen molar-refractivity contribution in [1.29, 1.82) is 0 Å². The SMILES string of the molecule is C1=NOCC1.c1ccc2c(c1)ccc1nccc(C3(c4conn4)COC(c4ncco4)=N3)c12. The van der Waals surface area contributed by atoms with Gasteiger partial charge in [-0.05, 0) is 22.9 Å². The van der Waals surface area contributed by atoms with Crippen LogP contribution in [0.15, 0.2) is 86.5 Å². The van der Waals surface area contributed by atoms with Gasteiger partial charge in [0.2, 0.25) is 0 Å². The second kappa shape index (κ2) is 8.39. The number of aliphatic imine (C=N–C) groups is 1. The highest BCUT2D eigenvalue weighted by Crippen LogP contribution is 2.42. The molecule has 2 aromatic carbocycles.